The third-order valence-electron chi connectivity index (χ3n) is 5.44. The summed E-state index contributed by atoms with van der Waals surface area (Å²) in [4.78, 5) is 17.0. The number of rotatable bonds is 8. The molecule has 0 saturated carbocycles. The van der Waals surface area contributed by atoms with Gasteiger partial charge in [0.15, 0.2) is 17.1 Å². The van der Waals surface area contributed by atoms with E-state index in [1.807, 2.05) is 18.2 Å². The number of fused-ring (bicyclic) bond motifs is 2. The van der Waals surface area contributed by atoms with Crippen LogP contribution in [0.4, 0.5) is 5.82 Å². The Morgan fingerprint density at radius 1 is 1.09 bits per heavy atom. The Kier molecular flexibility index (Phi) is 6.22. The maximum Gasteiger partial charge on any atom is 0.251 e. The topological polar surface area (TPSA) is 110 Å². The van der Waals surface area contributed by atoms with Crippen LogP contribution in [-0.4, -0.2) is 45.5 Å². The molecule has 4 aromatic rings. The number of amides is 1. The number of hydrogen-bond acceptors (Lipinski definition) is 7. The predicted octanol–water partition coefficient (Wildman–Crippen LogP) is 4.22. The fraction of sp³-hybridized carbons (Fsp3) is 0.208. The van der Waals surface area contributed by atoms with Gasteiger partial charge in [-0.3, -0.25) is 4.79 Å². The molecule has 3 heterocycles. The molecule has 0 radical (unpaired) electrons. The molecule has 2 aromatic carbocycles. The number of para-hydroxylation sites is 1. The van der Waals surface area contributed by atoms with Crippen molar-refractivity contribution in [2.75, 3.05) is 25.2 Å². The number of carbonyl (C=O) groups excluding carboxylic acids is 1. The SMILES string of the molecule is O=C(NCCCCNc1cc(-c2ccccc2O)nc2c(Br)cnn12)c1ccc2c(c1)OCO2. The molecular formula is C24H22BrN5O4. The summed E-state index contributed by atoms with van der Waals surface area (Å²) < 4.78 is 13.1. The van der Waals surface area contributed by atoms with Crippen molar-refractivity contribution >= 4 is 33.3 Å². The first kappa shape index (κ1) is 22.0. The molecule has 1 aliphatic heterocycles. The number of aromatic nitrogens is 3. The number of nitrogens with one attached hydrogen (secondary N) is 2. The van der Waals surface area contributed by atoms with Crippen LogP contribution in [0.15, 0.2) is 59.2 Å². The van der Waals surface area contributed by atoms with Crippen molar-refractivity contribution < 1.29 is 19.4 Å². The largest absolute Gasteiger partial charge is 0.507 e. The predicted molar refractivity (Wildman–Crippen MR) is 130 cm³/mol. The first-order valence-corrected chi connectivity index (χ1v) is 11.6. The van der Waals surface area contributed by atoms with Gasteiger partial charge in [0.2, 0.25) is 6.79 Å². The number of anilines is 1. The first-order valence-electron chi connectivity index (χ1n) is 10.8. The molecule has 1 amide bonds. The molecule has 0 spiro atoms. The van der Waals surface area contributed by atoms with Gasteiger partial charge in [0, 0.05) is 30.3 Å². The van der Waals surface area contributed by atoms with Crippen LogP contribution in [0.3, 0.4) is 0 Å². The lowest BCUT2D eigenvalue weighted by Gasteiger charge is -2.12. The average molecular weight is 524 g/mol. The second-order valence-corrected chi connectivity index (χ2v) is 8.58. The lowest BCUT2D eigenvalue weighted by Crippen LogP contribution is -2.24. The highest BCUT2D eigenvalue weighted by Crippen LogP contribution is 2.33. The third-order valence-corrected chi connectivity index (χ3v) is 6.00. The van der Waals surface area contributed by atoms with Crippen LogP contribution in [-0.2, 0) is 0 Å². The van der Waals surface area contributed by atoms with E-state index in [9.17, 15) is 9.90 Å². The van der Waals surface area contributed by atoms with Gasteiger partial charge in [-0.05, 0) is 59.1 Å². The van der Waals surface area contributed by atoms with Crippen molar-refractivity contribution in [2.24, 2.45) is 0 Å². The summed E-state index contributed by atoms with van der Waals surface area (Å²) >= 11 is 3.49. The van der Waals surface area contributed by atoms with Crippen molar-refractivity contribution in [1.29, 1.82) is 0 Å². The molecule has 10 heteroatoms. The normalized spacial score (nSPS) is 12.1. The molecule has 0 unspecified atom stereocenters. The van der Waals surface area contributed by atoms with Crippen LogP contribution in [0.1, 0.15) is 23.2 Å². The summed E-state index contributed by atoms with van der Waals surface area (Å²) in [6.07, 6.45) is 3.32. The highest BCUT2D eigenvalue weighted by atomic mass is 79.9. The fourth-order valence-electron chi connectivity index (χ4n) is 3.70. The zero-order valence-corrected chi connectivity index (χ0v) is 19.7. The lowest BCUT2D eigenvalue weighted by molar-refractivity contribution is 0.0952. The molecular weight excluding hydrogens is 502 g/mol. The summed E-state index contributed by atoms with van der Waals surface area (Å²) in [7, 11) is 0. The number of phenols is 1. The fourth-order valence-corrected chi connectivity index (χ4v) is 4.05. The number of aromatic hydroxyl groups is 1. The van der Waals surface area contributed by atoms with Crippen molar-refractivity contribution in [3.05, 3.63) is 64.8 Å². The number of benzene rings is 2. The van der Waals surface area contributed by atoms with Crippen LogP contribution in [0.5, 0.6) is 17.2 Å². The van der Waals surface area contributed by atoms with Crippen LogP contribution >= 0.6 is 15.9 Å². The number of unbranched alkanes of at least 4 members (excludes halogenated alkanes) is 1. The van der Waals surface area contributed by atoms with Gasteiger partial charge >= 0.3 is 0 Å². The van der Waals surface area contributed by atoms with Gasteiger partial charge in [-0.1, -0.05) is 12.1 Å². The summed E-state index contributed by atoms with van der Waals surface area (Å²) in [5.41, 5.74) is 2.49. The number of nitrogens with zero attached hydrogens (tertiary/aromatic N) is 3. The lowest BCUT2D eigenvalue weighted by atomic mass is 10.1. The number of carbonyl (C=O) groups is 1. The van der Waals surface area contributed by atoms with Crippen molar-refractivity contribution in [3.63, 3.8) is 0 Å². The van der Waals surface area contributed by atoms with Crippen LogP contribution in [0, 0.1) is 0 Å². The van der Waals surface area contributed by atoms with Gasteiger partial charge in [0.1, 0.15) is 11.6 Å². The van der Waals surface area contributed by atoms with E-state index >= 15 is 0 Å². The Bertz CT molecular complexity index is 1360. The summed E-state index contributed by atoms with van der Waals surface area (Å²) in [6, 6.07) is 14.1. The Hall–Kier alpha value is -3.79. The second-order valence-electron chi connectivity index (χ2n) is 7.73. The molecule has 0 aliphatic carbocycles. The molecule has 0 saturated heterocycles. The first-order chi connectivity index (χ1) is 16.6. The molecule has 5 rings (SSSR count). The van der Waals surface area contributed by atoms with Gasteiger partial charge in [-0.15, -0.1) is 0 Å². The van der Waals surface area contributed by atoms with E-state index in [-0.39, 0.29) is 18.4 Å². The number of ether oxygens (including phenoxy) is 2. The molecule has 9 nitrogen and oxygen atoms in total. The standard InChI is InChI=1S/C24H22BrN5O4/c25-17-13-28-30-22(12-18(29-23(17)30)16-5-1-2-6-19(16)31)26-9-3-4-10-27-24(32)15-7-8-20-21(11-15)34-14-33-20/h1-2,5-8,11-13,26,31H,3-4,9-10,14H2,(H,27,32). The average Bonchev–Trinajstić information content (AvgIpc) is 3.47. The zero-order chi connectivity index (χ0) is 23.5. The van der Waals surface area contributed by atoms with Crippen LogP contribution in [0.25, 0.3) is 16.9 Å². The molecule has 0 atom stereocenters. The number of phenolic OH excluding ortho intramolecular Hbond substituents is 1. The quantitative estimate of drug-likeness (QED) is 0.296. The van der Waals surface area contributed by atoms with Crippen molar-refractivity contribution in [1.82, 2.24) is 19.9 Å². The Morgan fingerprint density at radius 3 is 2.79 bits per heavy atom. The molecule has 34 heavy (non-hydrogen) atoms. The Labute approximate surface area is 203 Å². The molecule has 174 valence electrons. The summed E-state index contributed by atoms with van der Waals surface area (Å²) in [5, 5.41) is 21.0. The minimum atomic E-state index is -0.143. The molecule has 3 N–H and O–H groups in total. The van der Waals surface area contributed by atoms with Crippen molar-refractivity contribution in [3.8, 4) is 28.5 Å². The maximum absolute atomic E-state index is 12.4. The molecule has 2 aromatic heterocycles. The minimum absolute atomic E-state index is 0.143. The van der Waals surface area contributed by atoms with E-state index in [4.69, 9.17) is 9.47 Å². The van der Waals surface area contributed by atoms with E-state index in [2.05, 4.69) is 36.6 Å². The molecule has 0 fully saturated rings. The van der Waals surface area contributed by atoms with Crippen LogP contribution in [0.2, 0.25) is 0 Å². The third kappa shape index (κ3) is 4.49. The van der Waals surface area contributed by atoms with Crippen LogP contribution < -0.4 is 20.1 Å². The summed E-state index contributed by atoms with van der Waals surface area (Å²) in [6.45, 7) is 1.41. The smallest absolute Gasteiger partial charge is 0.251 e. The van der Waals surface area contributed by atoms with E-state index in [1.165, 1.54) is 0 Å². The van der Waals surface area contributed by atoms with Gasteiger partial charge in [0.05, 0.1) is 16.4 Å². The van der Waals surface area contributed by atoms with E-state index < -0.39 is 0 Å². The van der Waals surface area contributed by atoms with Gasteiger partial charge in [-0.25, -0.2) is 4.98 Å². The highest BCUT2D eigenvalue weighted by molar-refractivity contribution is 9.10. The number of hydrogen-bond donors (Lipinski definition) is 3. The van der Waals surface area contributed by atoms with Gasteiger partial charge in [-0.2, -0.15) is 9.61 Å². The zero-order valence-electron chi connectivity index (χ0n) is 18.1. The van der Waals surface area contributed by atoms with Gasteiger partial charge < -0.3 is 25.2 Å². The minimum Gasteiger partial charge on any atom is -0.507 e. The summed E-state index contributed by atoms with van der Waals surface area (Å²) in [5.74, 6) is 2.03. The highest BCUT2D eigenvalue weighted by Gasteiger charge is 2.16. The second kappa shape index (κ2) is 9.60. The monoisotopic (exact) mass is 523 g/mol. The molecule has 0 bridgehead atoms. The van der Waals surface area contributed by atoms with E-state index in [1.54, 1.807) is 41.0 Å². The van der Waals surface area contributed by atoms with E-state index in [0.29, 0.717) is 47.1 Å². The van der Waals surface area contributed by atoms with Crippen molar-refractivity contribution in [2.45, 2.75) is 12.8 Å². The maximum atomic E-state index is 12.4. The molecule has 1 aliphatic rings. The Morgan fingerprint density at radius 2 is 1.91 bits per heavy atom. The van der Waals surface area contributed by atoms with Gasteiger partial charge in [0.25, 0.3) is 5.91 Å². The number of halogens is 1. The van der Waals surface area contributed by atoms with E-state index in [0.717, 1.165) is 23.1 Å². The Balaban J connectivity index is 1.18.